The Morgan fingerprint density at radius 3 is 2.58 bits per heavy atom. The second kappa shape index (κ2) is 7.46. The van der Waals surface area contributed by atoms with E-state index in [0.29, 0.717) is 29.4 Å². The van der Waals surface area contributed by atoms with Crippen molar-refractivity contribution in [3.05, 3.63) is 34.9 Å². The summed E-state index contributed by atoms with van der Waals surface area (Å²) in [5, 5.41) is 0.619. The van der Waals surface area contributed by atoms with Crippen LogP contribution in [0.15, 0.2) is 24.3 Å². The van der Waals surface area contributed by atoms with Crippen molar-refractivity contribution in [1.82, 2.24) is 4.90 Å². The Labute approximate surface area is 124 Å². The zero-order valence-corrected chi connectivity index (χ0v) is 12.8. The molecular weight excluding hydrogens is 280 g/mol. The van der Waals surface area contributed by atoms with E-state index in [1.54, 1.807) is 11.0 Å². The van der Waals surface area contributed by atoms with Gasteiger partial charge in [-0.15, -0.1) is 0 Å². The number of halogens is 1. The number of nitrogens with two attached hydrogens (primary N) is 1. The molecule has 104 valence electrons. The SMILES string of the molecule is CC(C)N(CCC(N)=S)C(=O)Cc1ccccc1Cl. The molecule has 0 heterocycles. The van der Waals surface area contributed by atoms with Crippen molar-refractivity contribution < 1.29 is 4.79 Å². The molecule has 0 radical (unpaired) electrons. The third-order valence-corrected chi connectivity index (χ3v) is 3.42. The highest BCUT2D eigenvalue weighted by atomic mass is 35.5. The maximum Gasteiger partial charge on any atom is 0.227 e. The van der Waals surface area contributed by atoms with Gasteiger partial charge in [-0.3, -0.25) is 4.79 Å². The van der Waals surface area contributed by atoms with E-state index in [1.807, 2.05) is 32.0 Å². The zero-order chi connectivity index (χ0) is 14.4. The van der Waals surface area contributed by atoms with E-state index in [1.165, 1.54) is 0 Å². The van der Waals surface area contributed by atoms with E-state index in [2.05, 4.69) is 0 Å². The first-order chi connectivity index (χ1) is 8.91. The topological polar surface area (TPSA) is 46.3 Å². The average Bonchev–Trinajstić information content (AvgIpc) is 2.31. The van der Waals surface area contributed by atoms with Crippen LogP contribution >= 0.6 is 23.8 Å². The Bertz CT molecular complexity index is 463. The summed E-state index contributed by atoms with van der Waals surface area (Å²) in [5.74, 6) is 0.0411. The third-order valence-electron chi connectivity index (χ3n) is 2.84. The van der Waals surface area contributed by atoms with E-state index in [4.69, 9.17) is 29.6 Å². The minimum Gasteiger partial charge on any atom is -0.393 e. The van der Waals surface area contributed by atoms with E-state index >= 15 is 0 Å². The second-order valence-electron chi connectivity index (χ2n) is 4.67. The van der Waals surface area contributed by atoms with Crippen LogP contribution in [0.1, 0.15) is 25.8 Å². The van der Waals surface area contributed by atoms with E-state index in [0.717, 1.165) is 5.56 Å². The van der Waals surface area contributed by atoms with Gasteiger partial charge in [0.25, 0.3) is 0 Å². The van der Waals surface area contributed by atoms with Crippen LogP contribution in [0.5, 0.6) is 0 Å². The molecular formula is C14H19ClN2OS. The van der Waals surface area contributed by atoms with Crippen LogP contribution in [0.4, 0.5) is 0 Å². The van der Waals surface area contributed by atoms with Gasteiger partial charge in [0.2, 0.25) is 5.91 Å². The predicted octanol–water partition coefficient (Wildman–Crippen LogP) is 2.80. The van der Waals surface area contributed by atoms with Crippen molar-refractivity contribution in [3.63, 3.8) is 0 Å². The molecule has 5 heteroatoms. The minimum absolute atomic E-state index is 0.0411. The van der Waals surface area contributed by atoms with E-state index in [-0.39, 0.29) is 11.9 Å². The smallest absolute Gasteiger partial charge is 0.227 e. The lowest BCUT2D eigenvalue weighted by molar-refractivity contribution is -0.132. The molecule has 1 rings (SSSR count). The van der Waals surface area contributed by atoms with Crippen molar-refractivity contribution in [3.8, 4) is 0 Å². The minimum atomic E-state index is 0.0411. The molecule has 0 aliphatic carbocycles. The van der Waals surface area contributed by atoms with Gasteiger partial charge in [-0.05, 0) is 25.5 Å². The standard InChI is InChI=1S/C14H19ClN2OS/c1-10(2)17(8-7-13(16)19)14(18)9-11-5-3-4-6-12(11)15/h3-6,10H,7-9H2,1-2H3,(H2,16,19). The highest BCUT2D eigenvalue weighted by Gasteiger charge is 2.18. The molecule has 2 N–H and O–H groups in total. The number of carbonyl (C=O) groups is 1. The number of amides is 1. The summed E-state index contributed by atoms with van der Waals surface area (Å²) in [4.78, 5) is 14.5. The van der Waals surface area contributed by atoms with Gasteiger partial charge in [-0.1, -0.05) is 42.0 Å². The first-order valence-corrected chi connectivity index (χ1v) is 7.01. The van der Waals surface area contributed by atoms with Crippen LogP contribution in [0.25, 0.3) is 0 Å². The fourth-order valence-corrected chi connectivity index (χ4v) is 2.10. The molecule has 0 aromatic heterocycles. The number of benzene rings is 1. The summed E-state index contributed by atoms with van der Waals surface area (Å²) in [5.41, 5.74) is 6.33. The number of thiocarbonyl (C=S) groups is 1. The molecule has 19 heavy (non-hydrogen) atoms. The molecule has 0 aliphatic rings. The summed E-state index contributed by atoms with van der Waals surface area (Å²) in [6.07, 6.45) is 0.844. The predicted molar refractivity (Wildman–Crippen MR) is 83.4 cm³/mol. The molecule has 0 saturated carbocycles. The second-order valence-corrected chi connectivity index (χ2v) is 5.60. The van der Waals surface area contributed by atoms with Crippen LogP contribution in [0.2, 0.25) is 5.02 Å². The molecule has 0 saturated heterocycles. The number of hydrogen-bond acceptors (Lipinski definition) is 2. The van der Waals surface area contributed by atoms with E-state index in [9.17, 15) is 4.79 Å². The van der Waals surface area contributed by atoms with Gasteiger partial charge < -0.3 is 10.6 Å². The molecule has 0 atom stereocenters. The molecule has 0 aliphatic heterocycles. The Balaban J connectivity index is 2.72. The van der Waals surface area contributed by atoms with Crippen molar-refractivity contribution >= 4 is 34.7 Å². The zero-order valence-electron chi connectivity index (χ0n) is 11.2. The summed E-state index contributed by atoms with van der Waals surface area (Å²) in [6, 6.07) is 7.50. The highest BCUT2D eigenvalue weighted by Crippen LogP contribution is 2.17. The van der Waals surface area contributed by atoms with Crippen LogP contribution in [-0.4, -0.2) is 28.4 Å². The molecule has 0 unspecified atom stereocenters. The summed E-state index contributed by atoms with van der Waals surface area (Å²) >= 11 is 10.9. The van der Waals surface area contributed by atoms with Gasteiger partial charge in [0.15, 0.2) is 0 Å². The number of nitrogens with zero attached hydrogens (tertiary/aromatic N) is 1. The molecule has 0 spiro atoms. The maximum atomic E-state index is 12.3. The van der Waals surface area contributed by atoms with Crippen molar-refractivity contribution in [2.45, 2.75) is 32.7 Å². The van der Waals surface area contributed by atoms with Crippen LogP contribution < -0.4 is 5.73 Å². The number of carbonyl (C=O) groups excluding carboxylic acids is 1. The fourth-order valence-electron chi connectivity index (χ4n) is 1.81. The van der Waals surface area contributed by atoms with Gasteiger partial charge in [-0.25, -0.2) is 0 Å². The average molecular weight is 299 g/mol. The Morgan fingerprint density at radius 2 is 2.05 bits per heavy atom. The lowest BCUT2D eigenvalue weighted by Crippen LogP contribution is -2.39. The lowest BCUT2D eigenvalue weighted by atomic mass is 10.1. The van der Waals surface area contributed by atoms with Crippen molar-refractivity contribution in [2.24, 2.45) is 5.73 Å². The fraction of sp³-hybridized carbons (Fsp3) is 0.429. The van der Waals surface area contributed by atoms with Crippen molar-refractivity contribution in [1.29, 1.82) is 0 Å². The summed E-state index contributed by atoms with van der Waals surface area (Å²) in [7, 11) is 0. The quantitative estimate of drug-likeness (QED) is 0.822. The first kappa shape index (κ1) is 15.9. The molecule has 0 bridgehead atoms. The summed E-state index contributed by atoms with van der Waals surface area (Å²) < 4.78 is 0. The van der Waals surface area contributed by atoms with Gasteiger partial charge in [0.1, 0.15) is 0 Å². The van der Waals surface area contributed by atoms with Gasteiger partial charge in [-0.2, -0.15) is 0 Å². The van der Waals surface area contributed by atoms with Crippen molar-refractivity contribution in [2.75, 3.05) is 6.54 Å². The maximum absolute atomic E-state index is 12.3. The molecule has 1 aromatic rings. The van der Waals surface area contributed by atoms with Crippen LogP contribution in [0, 0.1) is 0 Å². The Kier molecular flexibility index (Phi) is 6.25. The largest absolute Gasteiger partial charge is 0.393 e. The number of rotatable bonds is 6. The third kappa shape index (κ3) is 5.17. The van der Waals surface area contributed by atoms with E-state index < -0.39 is 0 Å². The first-order valence-electron chi connectivity index (χ1n) is 6.23. The van der Waals surface area contributed by atoms with Gasteiger partial charge >= 0.3 is 0 Å². The lowest BCUT2D eigenvalue weighted by Gasteiger charge is -2.27. The monoisotopic (exact) mass is 298 g/mol. The Hall–Kier alpha value is -1.13. The van der Waals surface area contributed by atoms with Crippen LogP contribution in [0.3, 0.4) is 0 Å². The summed E-state index contributed by atoms with van der Waals surface area (Å²) in [6.45, 7) is 4.50. The molecule has 0 fully saturated rings. The van der Waals surface area contributed by atoms with Gasteiger partial charge in [0, 0.05) is 24.0 Å². The molecule has 1 amide bonds. The Morgan fingerprint density at radius 1 is 1.42 bits per heavy atom. The highest BCUT2D eigenvalue weighted by molar-refractivity contribution is 7.80. The van der Waals surface area contributed by atoms with Crippen LogP contribution in [-0.2, 0) is 11.2 Å². The normalized spacial score (nSPS) is 10.5. The number of hydrogen-bond donors (Lipinski definition) is 1. The van der Waals surface area contributed by atoms with Gasteiger partial charge in [0.05, 0.1) is 11.4 Å². The molecule has 1 aromatic carbocycles. The molecule has 3 nitrogen and oxygen atoms in total.